The molecule has 0 radical (unpaired) electrons. The topological polar surface area (TPSA) is 93.7 Å². The maximum Gasteiger partial charge on any atom is 2.00 e. The number of nitriles is 2. The second kappa shape index (κ2) is 69.7. The van der Waals surface area contributed by atoms with E-state index in [1.165, 1.54) is 12.1 Å². The van der Waals surface area contributed by atoms with Crippen LogP contribution in [0.5, 0.6) is 0 Å². The molecule has 4 nitrogen and oxygen atoms in total. The standard InChI is InChI=1S/C2N2.Ca.2ClO/c3-1-2-4;;2*1-2/q;+2;2*-1. The quantitative estimate of drug-likeness (QED) is 0.446. The Labute approximate surface area is 92.6 Å². The van der Waals surface area contributed by atoms with Crippen LogP contribution < -0.4 is 9.32 Å². The van der Waals surface area contributed by atoms with Gasteiger partial charge in [0.15, 0.2) is 12.1 Å². The van der Waals surface area contributed by atoms with E-state index in [2.05, 4.69) is 23.7 Å². The van der Waals surface area contributed by atoms with Crippen LogP contribution in [0.25, 0.3) is 0 Å². The zero-order valence-electron chi connectivity index (χ0n) is 4.17. The molecule has 0 amide bonds. The van der Waals surface area contributed by atoms with Crippen LogP contribution in [0, 0.1) is 22.7 Å². The number of halogens is 2. The van der Waals surface area contributed by atoms with Gasteiger partial charge >= 0.3 is 37.7 Å². The summed E-state index contributed by atoms with van der Waals surface area (Å²) in [5, 5.41) is 14.5. The van der Waals surface area contributed by atoms with Crippen LogP contribution >= 0.6 is 23.7 Å². The second-order valence-electron chi connectivity index (χ2n) is 0.224. The molecule has 0 aliphatic carbocycles. The average molecular weight is 195 g/mol. The van der Waals surface area contributed by atoms with Crippen LogP contribution in [-0.4, -0.2) is 37.7 Å². The molecule has 0 aromatic heterocycles. The molecule has 7 heteroatoms. The fourth-order valence-corrected chi connectivity index (χ4v) is 0. The molecule has 0 spiro atoms. The molecular formula is C2CaCl2N2O2. The largest absolute Gasteiger partial charge is 2.00 e. The Morgan fingerprint density at radius 2 is 1.00 bits per heavy atom. The summed E-state index contributed by atoms with van der Waals surface area (Å²) in [4.78, 5) is 0. The van der Waals surface area contributed by atoms with Gasteiger partial charge in [-0.3, -0.25) is 0 Å². The van der Waals surface area contributed by atoms with Crippen molar-refractivity contribution < 1.29 is 9.32 Å². The molecule has 46 valence electrons. The van der Waals surface area contributed by atoms with Crippen molar-refractivity contribution in [1.29, 1.82) is 10.5 Å². The summed E-state index contributed by atoms with van der Waals surface area (Å²) in [5.41, 5.74) is 0. The van der Waals surface area contributed by atoms with Crippen LogP contribution in [0.3, 0.4) is 0 Å². The molecule has 0 saturated carbocycles. The van der Waals surface area contributed by atoms with Crippen LogP contribution in [0.15, 0.2) is 0 Å². The van der Waals surface area contributed by atoms with E-state index in [1.807, 2.05) is 0 Å². The van der Waals surface area contributed by atoms with Gasteiger partial charge in [-0.15, -0.1) is 0 Å². The Bertz CT molecular complexity index is 75.5. The molecule has 0 atom stereocenters. The van der Waals surface area contributed by atoms with Crippen molar-refractivity contribution in [2.75, 3.05) is 0 Å². The smallest absolute Gasteiger partial charge is 0.769 e. The minimum atomic E-state index is 0. The van der Waals surface area contributed by atoms with Gasteiger partial charge in [-0.05, 0) is 0 Å². The van der Waals surface area contributed by atoms with Gasteiger partial charge in [0.25, 0.3) is 0 Å². The van der Waals surface area contributed by atoms with E-state index in [0.717, 1.165) is 0 Å². The Hall–Kier alpha value is 0.740. The van der Waals surface area contributed by atoms with E-state index in [-0.39, 0.29) is 37.7 Å². The molecule has 0 heterocycles. The van der Waals surface area contributed by atoms with E-state index in [1.54, 1.807) is 0 Å². The minimum absolute atomic E-state index is 0. The van der Waals surface area contributed by atoms with Crippen molar-refractivity contribution in [1.82, 2.24) is 0 Å². The first-order valence-electron chi connectivity index (χ1n) is 1.01. The summed E-state index contributed by atoms with van der Waals surface area (Å²) in [6.45, 7) is 0. The van der Waals surface area contributed by atoms with E-state index in [4.69, 9.17) is 19.8 Å². The van der Waals surface area contributed by atoms with Gasteiger partial charge in [0, 0.05) is 0 Å². The Balaban J connectivity index is -0.0000000221. The molecule has 0 aromatic carbocycles. The van der Waals surface area contributed by atoms with Crippen LogP contribution in [-0.2, 0) is 0 Å². The summed E-state index contributed by atoms with van der Waals surface area (Å²) in [6, 6.07) is 2.47. The number of nitrogens with zero attached hydrogens (tertiary/aromatic N) is 2. The van der Waals surface area contributed by atoms with Crippen molar-refractivity contribution in [3.05, 3.63) is 0 Å². The van der Waals surface area contributed by atoms with E-state index >= 15 is 0 Å². The van der Waals surface area contributed by atoms with Gasteiger partial charge < -0.3 is 9.32 Å². The molecule has 0 bridgehead atoms. The van der Waals surface area contributed by atoms with Gasteiger partial charge in [0.1, 0.15) is 0 Å². The van der Waals surface area contributed by atoms with Crippen molar-refractivity contribution in [3.8, 4) is 12.1 Å². The van der Waals surface area contributed by atoms with Crippen molar-refractivity contribution in [2.45, 2.75) is 0 Å². The van der Waals surface area contributed by atoms with Gasteiger partial charge in [-0.2, -0.15) is 10.5 Å². The summed E-state index contributed by atoms with van der Waals surface area (Å²) < 4.78 is 15.4. The number of hydrogen-bond donors (Lipinski definition) is 0. The van der Waals surface area contributed by atoms with E-state index in [0.29, 0.717) is 0 Å². The molecule has 0 aliphatic heterocycles. The Morgan fingerprint density at radius 1 is 0.889 bits per heavy atom. The maximum atomic E-state index is 7.72. The first-order valence-corrected chi connectivity index (χ1v) is 1.62. The molecule has 0 unspecified atom stereocenters. The van der Waals surface area contributed by atoms with Gasteiger partial charge in [0.2, 0.25) is 0 Å². The third-order valence-corrected chi connectivity index (χ3v) is 0.0500. The molecule has 0 fully saturated rings. The monoisotopic (exact) mass is 194 g/mol. The Morgan fingerprint density at radius 3 is 1.00 bits per heavy atom. The second-order valence-corrected chi connectivity index (χ2v) is 0.224. The molecule has 9 heavy (non-hydrogen) atoms. The third kappa shape index (κ3) is 131. The summed E-state index contributed by atoms with van der Waals surface area (Å²) in [5.74, 6) is 0. The van der Waals surface area contributed by atoms with Crippen LogP contribution in [0.2, 0.25) is 0 Å². The third-order valence-electron chi connectivity index (χ3n) is 0.0500. The zero-order chi connectivity index (χ0) is 7.41. The van der Waals surface area contributed by atoms with E-state index < -0.39 is 0 Å². The maximum absolute atomic E-state index is 7.72. The van der Waals surface area contributed by atoms with Crippen LogP contribution in [0.1, 0.15) is 0 Å². The minimum Gasteiger partial charge on any atom is -0.769 e. The van der Waals surface area contributed by atoms with Gasteiger partial charge in [0.05, 0.1) is 0 Å². The fourth-order valence-electron chi connectivity index (χ4n) is 0. The predicted molar refractivity (Wildman–Crippen MR) is 28.7 cm³/mol. The average Bonchev–Trinajstić information content (AvgIpc) is 1.96. The fraction of sp³-hybridized carbons (Fsp3) is 0. The zero-order valence-corrected chi connectivity index (χ0v) is 7.89. The number of rotatable bonds is 0. The summed E-state index contributed by atoms with van der Waals surface area (Å²) >= 11 is 6.78. The first-order chi connectivity index (χ1) is 3.91. The molecule has 0 N–H and O–H groups in total. The SMILES string of the molecule is N#CC#N.[Ca+2].[O-]Cl.[O-]Cl. The molecule has 0 aliphatic rings. The van der Waals surface area contributed by atoms with Crippen molar-refractivity contribution in [3.63, 3.8) is 0 Å². The normalized spacial score (nSPS) is 2.44. The Kier molecular flexibility index (Phi) is 175. The molecule has 0 aromatic rings. The van der Waals surface area contributed by atoms with Crippen molar-refractivity contribution in [2.24, 2.45) is 0 Å². The van der Waals surface area contributed by atoms with Gasteiger partial charge in [-0.25, -0.2) is 23.7 Å². The van der Waals surface area contributed by atoms with E-state index in [9.17, 15) is 0 Å². The van der Waals surface area contributed by atoms with Gasteiger partial charge in [-0.1, -0.05) is 0 Å². The number of hydrogen-bond acceptors (Lipinski definition) is 4. The molecule has 0 saturated heterocycles. The summed E-state index contributed by atoms with van der Waals surface area (Å²) in [6.07, 6.45) is 0. The van der Waals surface area contributed by atoms with Crippen LogP contribution in [0.4, 0.5) is 0 Å². The molecular weight excluding hydrogens is 195 g/mol. The van der Waals surface area contributed by atoms with Crippen molar-refractivity contribution >= 4 is 61.5 Å². The summed E-state index contributed by atoms with van der Waals surface area (Å²) in [7, 11) is 0. The first kappa shape index (κ1) is 22.6. The predicted octanol–water partition coefficient (Wildman–Crippen LogP) is -1.35. The molecule has 0 rings (SSSR count).